The average molecular weight is 287 g/mol. The van der Waals surface area contributed by atoms with Crippen molar-refractivity contribution in [2.45, 2.75) is 52.2 Å². The van der Waals surface area contributed by atoms with Gasteiger partial charge in [0.05, 0.1) is 0 Å². The molecule has 1 aliphatic heterocycles. The summed E-state index contributed by atoms with van der Waals surface area (Å²) in [6, 6.07) is 9.63. The molecule has 3 nitrogen and oxygen atoms in total. The fourth-order valence-electron chi connectivity index (χ4n) is 4.20. The van der Waals surface area contributed by atoms with Crippen LogP contribution in [0.1, 0.15) is 46.5 Å². The van der Waals surface area contributed by atoms with E-state index in [0.29, 0.717) is 0 Å². The first-order chi connectivity index (χ1) is 9.87. The summed E-state index contributed by atoms with van der Waals surface area (Å²) >= 11 is 0. The third-order valence-corrected chi connectivity index (χ3v) is 5.28. The van der Waals surface area contributed by atoms with Gasteiger partial charge in [-0.2, -0.15) is 0 Å². The van der Waals surface area contributed by atoms with Gasteiger partial charge in [-0.05, 0) is 25.0 Å². The largest absolute Gasteiger partial charge is 0.370 e. The van der Waals surface area contributed by atoms with Gasteiger partial charge in [0.15, 0.2) is 5.72 Å². The summed E-state index contributed by atoms with van der Waals surface area (Å²) < 4.78 is 0. The molecule has 2 aliphatic rings. The zero-order valence-corrected chi connectivity index (χ0v) is 13.2. The van der Waals surface area contributed by atoms with Crippen LogP contribution in [0.3, 0.4) is 0 Å². The molecule has 2 fully saturated rings. The van der Waals surface area contributed by atoms with E-state index in [1.165, 1.54) is 0 Å². The Morgan fingerprint density at radius 1 is 1.14 bits per heavy atom. The topological polar surface area (TPSA) is 40.5 Å². The molecule has 1 heterocycles. The lowest BCUT2D eigenvalue weighted by molar-refractivity contribution is -0.122. The molecule has 1 saturated carbocycles. The predicted molar refractivity (Wildman–Crippen MR) is 83.8 cm³/mol. The molecule has 1 amide bonds. The van der Waals surface area contributed by atoms with Gasteiger partial charge in [-0.1, -0.05) is 51.8 Å². The molecule has 0 aromatic heterocycles. The second-order valence-corrected chi connectivity index (χ2v) is 7.48. The van der Waals surface area contributed by atoms with Crippen LogP contribution in [-0.2, 0) is 4.79 Å². The van der Waals surface area contributed by atoms with Crippen LogP contribution in [0.4, 0.5) is 5.69 Å². The van der Waals surface area contributed by atoms with E-state index in [4.69, 9.17) is 0 Å². The second-order valence-electron chi connectivity index (χ2n) is 7.48. The molecule has 1 aromatic carbocycles. The maximum Gasteiger partial charge on any atom is 0.232 e. The third kappa shape index (κ3) is 2.02. The fourth-order valence-corrected chi connectivity index (χ4v) is 4.20. The molecule has 3 heteroatoms. The summed E-state index contributed by atoms with van der Waals surface area (Å²) in [6.07, 6.45) is 4.05. The maximum atomic E-state index is 13.0. The number of rotatable bonds is 1. The minimum Gasteiger partial charge on any atom is -0.370 e. The lowest BCUT2D eigenvalue weighted by Crippen LogP contribution is -2.58. The number of amides is 1. The van der Waals surface area contributed by atoms with Crippen LogP contribution in [0.15, 0.2) is 30.3 Å². The van der Waals surface area contributed by atoms with E-state index >= 15 is 0 Å². The molecule has 21 heavy (non-hydrogen) atoms. The van der Waals surface area contributed by atoms with Gasteiger partial charge in [0, 0.05) is 22.9 Å². The van der Waals surface area contributed by atoms with Crippen LogP contribution in [0.5, 0.6) is 0 Å². The number of anilines is 1. The number of benzene rings is 1. The summed E-state index contributed by atoms with van der Waals surface area (Å²) in [6.45, 7) is 6.10. The van der Waals surface area contributed by atoms with Gasteiger partial charge in [-0.25, -0.2) is 0 Å². The van der Waals surface area contributed by atoms with Gasteiger partial charge >= 0.3 is 0 Å². The van der Waals surface area contributed by atoms with Crippen LogP contribution in [0, 0.1) is 17.3 Å². The standard InChI is InChI=1S/C18H25NO2/c1-17(2,3)18(21)15-12-8-7-11-14(15)16(20)19(18)13-9-5-4-6-10-13/h4-6,9-10,14-15,21H,7-8,11-12H2,1-3H3/t14-,15-,18-/m1/s1. The molecule has 0 spiro atoms. The van der Waals surface area contributed by atoms with Crippen LogP contribution in [0.2, 0.25) is 0 Å². The second kappa shape index (κ2) is 4.84. The van der Waals surface area contributed by atoms with Crippen LogP contribution >= 0.6 is 0 Å². The molecule has 0 radical (unpaired) electrons. The first-order valence-electron chi connectivity index (χ1n) is 7.99. The summed E-state index contributed by atoms with van der Waals surface area (Å²) in [4.78, 5) is 14.7. The zero-order chi connectivity index (χ0) is 15.3. The van der Waals surface area contributed by atoms with Crippen LogP contribution in [0.25, 0.3) is 0 Å². The number of carbonyl (C=O) groups excluding carboxylic acids is 1. The van der Waals surface area contributed by atoms with E-state index in [1.807, 2.05) is 51.1 Å². The Bertz CT molecular complexity index is 534. The smallest absolute Gasteiger partial charge is 0.232 e. The first-order valence-corrected chi connectivity index (χ1v) is 7.99. The number of fused-ring (bicyclic) bond motifs is 1. The number of nitrogens with zero attached hydrogens (tertiary/aromatic N) is 1. The van der Waals surface area contributed by atoms with Crippen molar-refractivity contribution in [2.24, 2.45) is 17.3 Å². The Hall–Kier alpha value is -1.35. The molecular formula is C18H25NO2. The van der Waals surface area contributed by atoms with Crippen molar-refractivity contribution in [3.05, 3.63) is 30.3 Å². The van der Waals surface area contributed by atoms with E-state index in [1.54, 1.807) is 4.90 Å². The minimum atomic E-state index is -1.10. The lowest BCUT2D eigenvalue weighted by atomic mass is 9.68. The van der Waals surface area contributed by atoms with Crippen molar-refractivity contribution in [3.8, 4) is 0 Å². The molecule has 1 saturated heterocycles. The monoisotopic (exact) mass is 287 g/mol. The average Bonchev–Trinajstić information content (AvgIpc) is 2.70. The Labute approximate surface area is 127 Å². The highest BCUT2D eigenvalue weighted by atomic mass is 16.3. The van der Waals surface area contributed by atoms with E-state index in [9.17, 15) is 9.90 Å². The van der Waals surface area contributed by atoms with Gasteiger partial charge in [-0.15, -0.1) is 0 Å². The molecule has 0 bridgehead atoms. The summed E-state index contributed by atoms with van der Waals surface area (Å²) in [5.74, 6) is 0.116. The molecular weight excluding hydrogens is 262 g/mol. The van der Waals surface area contributed by atoms with Crippen molar-refractivity contribution in [2.75, 3.05) is 4.90 Å². The molecule has 3 atom stereocenters. The highest BCUT2D eigenvalue weighted by molar-refractivity contribution is 5.99. The number of para-hydroxylation sites is 1. The fraction of sp³-hybridized carbons (Fsp3) is 0.611. The maximum absolute atomic E-state index is 13.0. The Morgan fingerprint density at radius 2 is 1.76 bits per heavy atom. The Morgan fingerprint density at radius 3 is 2.38 bits per heavy atom. The van der Waals surface area contributed by atoms with Crippen molar-refractivity contribution in [1.82, 2.24) is 0 Å². The van der Waals surface area contributed by atoms with E-state index < -0.39 is 5.72 Å². The van der Waals surface area contributed by atoms with Crippen molar-refractivity contribution in [3.63, 3.8) is 0 Å². The SMILES string of the molecule is CC(C)(C)[C@]1(O)[C@@H]2CCCC[C@H]2C(=O)N1c1ccccc1. The number of aliphatic hydroxyl groups is 1. The quantitative estimate of drug-likeness (QED) is 0.857. The van der Waals surface area contributed by atoms with Gasteiger partial charge < -0.3 is 5.11 Å². The van der Waals surface area contributed by atoms with Gasteiger partial charge in [0.1, 0.15) is 0 Å². The van der Waals surface area contributed by atoms with Gasteiger partial charge in [0.2, 0.25) is 5.91 Å². The highest BCUT2D eigenvalue weighted by Gasteiger charge is 2.63. The van der Waals surface area contributed by atoms with Crippen molar-refractivity contribution in [1.29, 1.82) is 0 Å². The van der Waals surface area contributed by atoms with Crippen molar-refractivity contribution < 1.29 is 9.90 Å². The summed E-state index contributed by atoms with van der Waals surface area (Å²) in [5, 5.41) is 11.6. The third-order valence-electron chi connectivity index (χ3n) is 5.28. The molecule has 114 valence electrons. The van der Waals surface area contributed by atoms with Crippen LogP contribution < -0.4 is 4.90 Å². The number of carbonyl (C=O) groups is 1. The van der Waals surface area contributed by atoms with Crippen LogP contribution in [-0.4, -0.2) is 16.7 Å². The molecule has 0 unspecified atom stereocenters. The first kappa shape index (κ1) is 14.6. The summed E-state index contributed by atoms with van der Waals surface area (Å²) in [5.41, 5.74) is -0.666. The van der Waals surface area contributed by atoms with E-state index in [0.717, 1.165) is 31.4 Å². The predicted octanol–water partition coefficient (Wildman–Crippen LogP) is 3.57. The van der Waals surface area contributed by atoms with Gasteiger partial charge in [0.25, 0.3) is 0 Å². The highest BCUT2D eigenvalue weighted by Crippen LogP contribution is 2.54. The molecule has 3 rings (SSSR count). The molecule has 1 aromatic rings. The van der Waals surface area contributed by atoms with Gasteiger partial charge in [-0.3, -0.25) is 9.69 Å². The lowest BCUT2D eigenvalue weighted by Gasteiger charge is -2.47. The molecule has 1 aliphatic carbocycles. The minimum absolute atomic E-state index is 0.0248. The number of hydrogen-bond donors (Lipinski definition) is 1. The van der Waals surface area contributed by atoms with E-state index in [2.05, 4.69) is 0 Å². The van der Waals surface area contributed by atoms with Crippen molar-refractivity contribution >= 4 is 11.6 Å². The van der Waals surface area contributed by atoms with E-state index in [-0.39, 0.29) is 23.2 Å². The zero-order valence-electron chi connectivity index (χ0n) is 13.2. The number of hydrogen-bond acceptors (Lipinski definition) is 2. The molecule has 1 N–H and O–H groups in total. The Kier molecular flexibility index (Phi) is 3.36. The summed E-state index contributed by atoms with van der Waals surface area (Å²) in [7, 11) is 0. The Balaban J connectivity index is 2.13. The normalized spacial score (nSPS) is 33.1.